The van der Waals surface area contributed by atoms with Crippen molar-refractivity contribution in [3.05, 3.63) is 23.3 Å². The number of hydrogen-bond acceptors (Lipinski definition) is 10. The molecule has 0 bridgehead atoms. The number of Topliss-reactive ketones (excluding diaryl/α,β-unsaturated/α-hetero) is 3. The second-order valence-corrected chi connectivity index (χ2v) is 14.1. The predicted octanol–water partition coefficient (Wildman–Crippen LogP) is 0.380. The lowest BCUT2D eigenvalue weighted by atomic mass is 9.52. The number of rotatable bonds is 4. The number of phenolic OH excluding ortho intramolecular Hbond substituents is 1. The summed E-state index contributed by atoms with van der Waals surface area (Å²) in [4.78, 5) is 55.2. The summed E-state index contributed by atoms with van der Waals surface area (Å²) in [6.45, 7) is 8.45. The van der Waals surface area contributed by atoms with E-state index in [2.05, 4.69) is 38.3 Å². The van der Waals surface area contributed by atoms with E-state index >= 15 is 0 Å². The highest BCUT2D eigenvalue weighted by Crippen LogP contribution is 2.52. The van der Waals surface area contributed by atoms with E-state index in [9.17, 15) is 34.5 Å². The first kappa shape index (κ1) is 29.6. The van der Waals surface area contributed by atoms with Crippen LogP contribution >= 0.6 is 0 Å². The Morgan fingerprint density at radius 3 is 2.24 bits per heavy atom. The fourth-order valence-electron chi connectivity index (χ4n) is 8.56. The number of aromatic hydroxyl groups is 1. The topological polar surface area (TPSA) is 182 Å². The van der Waals surface area contributed by atoms with Crippen LogP contribution in [0.5, 0.6) is 5.75 Å². The van der Waals surface area contributed by atoms with Crippen LogP contribution in [0.3, 0.4) is 0 Å². The van der Waals surface area contributed by atoms with E-state index in [1.807, 2.05) is 0 Å². The van der Waals surface area contributed by atoms with Gasteiger partial charge in [-0.25, -0.2) is 0 Å². The zero-order valence-corrected chi connectivity index (χ0v) is 24.5. The van der Waals surface area contributed by atoms with Crippen molar-refractivity contribution in [2.45, 2.75) is 88.2 Å². The van der Waals surface area contributed by atoms with Gasteiger partial charge < -0.3 is 36.6 Å². The quantitative estimate of drug-likeness (QED) is 0.219. The van der Waals surface area contributed by atoms with Gasteiger partial charge in [0.2, 0.25) is 5.91 Å². The number of primary amides is 1. The fraction of sp³-hybridized carbons (Fsp3) is 0.667. The molecule has 1 heterocycles. The number of hydrogen-bond donors (Lipinski definition) is 6. The van der Waals surface area contributed by atoms with E-state index in [0.29, 0.717) is 11.3 Å². The Morgan fingerprint density at radius 1 is 1.07 bits per heavy atom. The fourth-order valence-corrected chi connectivity index (χ4v) is 8.56. The van der Waals surface area contributed by atoms with Gasteiger partial charge in [0, 0.05) is 29.1 Å². The van der Waals surface area contributed by atoms with Crippen molar-refractivity contribution in [2.75, 3.05) is 19.4 Å². The molecule has 3 unspecified atom stereocenters. The molecular weight excluding hydrogens is 528 g/mol. The molecule has 11 nitrogen and oxygen atoms in total. The monoisotopic (exact) mass is 570 g/mol. The van der Waals surface area contributed by atoms with Crippen LogP contribution in [0.15, 0.2) is 12.1 Å². The lowest BCUT2D eigenvalue weighted by molar-refractivity contribution is -0.190. The van der Waals surface area contributed by atoms with Gasteiger partial charge in [-0.3, -0.25) is 19.2 Å². The van der Waals surface area contributed by atoms with Crippen LogP contribution in [0.2, 0.25) is 0 Å². The Bertz CT molecular complexity index is 1310. The van der Waals surface area contributed by atoms with E-state index in [1.165, 1.54) is 0 Å². The molecule has 5 rings (SSSR count). The Labute approximate surface area is 239 Å². The lowest BCUT2D eigenvalue weighted by Crippen LogP contribution is -2.75. The third-order valence-corrected chi connectivity index (χ3v) is 9.71. The first-order chi connectivity index (χ1) is 18.9. The molecule has 7 N–H and O–H groups in total. The summed E-state index contributed by atoms with van der Waals surface area (Å²) < 4.78 is 0. The third kappa shape index (κ3) is 4.57. The molecule has 0 radical (unpaired) electrons. The summed E-state index contributed by atoms with van der Waals surface area (Å²) in [7, 11) is 3.24. The molecule has 11 heteroatoms. The van der Waals surface area contributed by atoms with E-state index in [4.69, 9.17) is 5.73 Å². The molecular formula is C30H42N4O7. The number of phenols is 1. The number of benzene rings is 1. The molecule has 1 aromatic carbocycles. The Balaban J connectivity index is 1.51. The van der Waals surface area contributed by atoms with Gasteiger partial charge in [-0.05, 0) is 85.0 Å². The number of piperidine rings is 1. The number of ketones is 3. The molecule has 1 aromatic rings. The van der Waals surface area contributed by atoms with E-state index in [1.54, 1.807) is 31.1 Å². The zero-order chi connectivity index (χ0) is 30.4. The van der Waals surface area contributed by atoms with Crippen molar-refractivity contribution in [3.8, 4) is 5.75 Å². The average molecular weight is 571 g/mol. The number of nitrogens with two attached hydrogens (primary N) is 1. The molecule has 2 saturated carbocycles. The summed E-state index contributed by atoms with van der Waals surface area (Å²) in [6.07, 6.45) is 0.407. The number of likely N-dealkylation sites (N-methyl/N-ethyl adjacent to an activating group) is 1. The molecule has 224 valence electrons. The number of nitrogens with one attached hydrogen (secondary N) is 2. The zero-order valence-electron chi connectivity index (χ0n) is 24.5. The van der Waals surface area contributed by atoms with Gasteiger partial charge >= 0.3 is 0 Å². The van der Waals surface area contributed by atoms with Gasteiger partial charge in [0.05, 0.1) is 23.3 Å². The number of carbonyl (C=O) groups excluding carboxylic acids is 4. The third-order valence-electron chi connectivity index (χ3n) is 9.71. The summed E-state index contributed by atoms with van der Waals surface area (Å²) in [6, 6.07) is 2.62. The molecule has 7 atom stereocenters. The van der Waals surface area contributed by atoms with Gasteiger partial charge in [0.15, 0.2) is 23.0 Å². The highest BCUT2D eigenvalue weighted by atomic mass is 16.3. The molecule has 4 aliphatic rings. The van der Waals surface area contributed by atoms with E-state index in [0.717, 1.165) is 12.8 Å². The molecule has 1 aliphatic heterocycles. The lowest BCUT2D eigenvalue weighted by Gasteiger charge is -2.54. The maximum Gasteiger partial charge on any atom is 0.230 e. The largest absolute Gasteiger partial charge is 0.505 e. The number of amides is 1. The minimum atomic E-state index is -2.67. The Hall–Kier alpha value is -2.86. The smallest absolute Gasteiger partial charge is 0.230 e. The van der Waals surface area contributed by atoms with Crippen molar-refractivity contribution >= 4 is 28.9 Å². The van der Waals surface area contributed by atoms with E-state index < -0.39 is 64.7 Å². The average Bonchev–Trinajstić information content (AvgIpc) is 2.80. The molecule has 1 amide bonds. The van der Waals surface area contributed by atoms with Crippen molar-refractivity contribution in [2.24, 2.45) is 29.4 Å². The SMILES string of the molecule is CN(C)[C@H]1C(O)C(C(N)=O)C(=O)[C@]2(O)C(=O)C3C(=O)c4c(ccc(NC5CC(C)(C)NC(C)(C)C5)c4O)C[C@@H]3C[C@H]12. The molecule has 3 aliphatic carbocycles. The number of aliphatic hydroxyl groups excluding tert-OH is 1. The van der Waals surface area contributed by atoms with Crippen molar-refractivity contribution in [3.63, 3.8) is 0 Å². The Morgan fingerprint density at radius 2 is 1.68 bits per heavy atom. The summed E-state index contributed by atoms with van der Waals surface area (Å²) in [5.74, 6) is -8.99. The molecule has 3 fully saturated rings. The Kier molecular flexibility index (Phi) is 6.93. The standard InChI is InChI=1S/C30H42N4O7/c1-28(2)11-15(12-29(3,4)33-28)32-17-8-7-13-9-14-10-16-21(34(5)6)24(37)20(27(31)40)26(39)30(16,41)25(38)19(14)23(36)18(13)22(17)35/h7-8,14-16,19-21,24,32-33,35,37,41H,9-12H2,1-6H3,(H2,31,40)/t14-,16-,19?,20?,21-,24?,30-/m1/s1. The highest BCUT2D eigenvalue weighted by molar-refractivity contribution is 6.25. The summed E-state index contributed by atoms with van der Waals surface area (Å²) >= 11 is 0. The van der Waals surface area contributed by atoms with Gasteiger partial charge in [0.1, 0.15) is 11.7 Å². The number of nitrogens with zero attached hydrogens (tertiary/aromatic N) is 1. The maximum atomic E-state index is 14.0. The van der Waals surface area contributed by atoms with Gasteiger partial charge in [-0.1, -0.05) is 6.07 Å². The maximum absolute atomic E-state index is 14.0. The number of anilines is 1. The van der Waals surface area contributed by atoms with Crippen molar-refractivity contribution < 1.29 is 34.5 Å². The van der Waals surface area contributed by atoms with Gasteiger partial charge in [0.25, 0.3) is 0 Å². The van der Waals surface area contributed by atoms with Crippen LogP contribution in [0.25, 0.3) is 0 Å². The minimum absolute atomic E-state index is 0.00871. The number of carbonyl (C=O) groups is 4. The second-order valence-electron chi connectivity index (χ2n) is 14.1. The molecule has 1 saturated heterocycles. The number of aliphatic hydroxyl groups is 2. The first-order valence-electron chi connectivity index (χ1n) is 14.3. The number of fused-ring (bicyclic) bond motifs is 3. The van der Waals surface area contributed by atoms with Crippen LogP contribution in [-0.2, 0) is 20.8 Å². The predicted molar refractivity (Wildman–Crippen MR) is 150 cm³/mol. The molecule has 0 spiro atoms. The summed E-state index contributed by atoms with van der Waals surface area (Å²) in [5, 5.41) is 41.1. The van der Waals surface area contributed by atoms with Crippen LogP contribution < -0.4 is 16.4 Å². The van der Waals surface area contributed by atoms with Crippen LogP contribution in [0.4, 0.5) is 5.69 Å². The summed E-state index contributed by atoms with van der Waals surface area (Å²) in [5.41, 5.74) is 3.44. The van der Waals surface area contributed by atoms with Gasteiger partial charge in [-0.2, -0.15) is 0 Å². The normalized spacial score (nSPS) is 36.4. The van der Waals surface area contributed by atoms with Crippen LogP contribution in [0, 0.1) is 23.7 Å². The van der Waals surface area contributed by atoms with Crippen molar-refractivity contribution in [1.82, 2.24) is 10.2 Å². The minimum Gasteiger partial charge on any atom is -0.505 e. The van der Waals surface area contributed by atoms with Crippen molar-refractivity contribution in [1.29, 1.82) is 0 Å². The van der Waals surface area contributed by atoms with E-state index in [-0.39, 0.29) is 41.3 Å². The molecule has 41 heavy (non-hydrogen) atoms. The van der Waals surface area contributed by atoms with Gasteiger partial charge in [-0.15, -0.1) is 0 Å². The van der Waals surface area contributed by atoms with Crippen LogP contribution in [0.1, 0.15) is 62.9 Å². The second kappa shape index (κ2) is 9.58. The highest BCUT2D eigenvalue weighted by Gasteiger charge is 2.69. The van der Waals surface area contributed by atoms with Crippen LogP contribution in [-0.4, -0.2) is 92.4 Å². The molecule has 0 aromatic heterocycles. The first-order valence-corrected chi connectivity index (χ1v) is 14.3.